The number of rotatable bonds is 5. The highest BCUT2D eigenvalue weighted by Crippen LogP contribution is 2.42. The molecule has 2 aromatic rings. The van der Waals surface area contributed by atoms with Gasteiger partial charge in [-0.3, -0.25) is 14.5 Å². The lowest BCUT2D eigenvalue weighted by Crippen LogP contribution is -2.27. The molecule has 0 atom stereocenters. The molecule has 0 aliphatic carbocycles. The summed E-state index contributed by atoms with van der Waals surface area (Å²) in [5, 5.41) is 0.705. The van der Waals surface area contributed by atoms with E-state index in [1.807, 2.05) is 0 Å². The molecule has 30 heavy (non-hydrogen) atoms. The highest BCUT2D eigenvalue weighted by Gasteiger charge is 2.33. The molecule has 0 unspecified atom stereocenters. The Balaban J connectivity index is 1.99. The number of hydrogen-bond donors (Lipinski definition) is 0. The maximum absolute atomic E-state index is 13.0. The number of methoxy groups -OCH3 is 2. The van der Waals surface area contributed by atoms with Crippen LogP contribution in [0.4, 0.5) is 5.69 Å². The fraction of sp³-hybridized carbons (Fsp3) is 0.150. The van der Waals surface area contributed by atoms with Crippen molar-refractivity contribution in [3.05, 3.63) is 50.8 Å². The van der Waals surface area contributed by atoms with E-state index in [-0.39, 0.29) is 23.2 Å². The molecule has 0 saturated carbocycles. The Hall–Kier alpha value is -2.26. The highest BCUT2D eigenvalue weighted by atomic mass is 35.5. The van der Waals surface area contributed by atoms with Crippen LogP contribution in [0.25, 0.3) is 6.08 Å². The Morgan fingerprint density at radius 3 is 2.27 bits per heavy atom. The van der Waals surface area contributed by atoms with E-state index < -0.39 is 5.97 Å². The van der Waals surface area contributed by atoms with Crippen LogP contribution in [0.3, 0.4) is 0 Å². The molecule has 1 fully saturated rings. The van der Waals surface area contributed by atoms with Crippen molar-refractivity contribution in [2.24, 2.45) is 0 Å². The first kappa shape index (κ1) is 22.4. The number of benzene rings is 2. The molecule has 1 aliphatic rings. The number of nitrogens with zero attached hydrogens (tertiary/aromatic N) is 1. The molecule has 3 rings (SSSR count). The number of hydrogen-bond acceptors (Lipinski definition) is 7. The van der Waals surface area contributed by atoms with E-state index in [9.17, 15) is 9.59 Å². The molecule has 10 heteroatoms. The van der Waals surface area contributed by atoms with Gasteiger partial charge in [-0.15, -0.1) is 0 Å². The molecule has 1 amide bonds. The van der Waals surface area contributed by atoms with Crippen molar-refractivity contribution in [2.45, 2.75) is 6.92 Å². The molecule has 0 N–H and O–H groups in total. The lowest BCUT2D eigenvalue weighted by molar-refractivity contribution is -0.132. The van der Waals surface area contributed by atoms with Gasteiger partial charge in [-0.25, -0.2) is 0 Å². The van der Waals surface area contributed by atoms with Crippen LogP contribution in [0, 0.1) is 0 Å². The average molecular weight is 484 g/mol. The fourth-order valence-electron chi connectivity index (χ4n) is 2.69. The topological polar surface area (TPSA) is 65.1 Å². The van der Waals surface area contributed by atoms with Crippen molar-refractivity contribution >= 4 is 75.1 Å². The summed E-state index contributed by atoms with van der Waals surface area (Å²) in [7, 11) is 2.88. The van der Waals surface area contributed by atoms with Gasteiger partial charge in [0.25, 0.3) is 5.91 Å². The first-order valence-corrected chi connectivity index (χ1v) is 10.4. The normalized spacial score (nSPS) is 15.0. The molecule has 1 heterocycles. The van der Waals surface area contributed by atoms with Gasteiger partial charge in [0, 0.05) is 6.92 Å². The minimum Gasteiger partial charge on any atom is -0.493 e. The summed E-state index contributed by atoms with van der Waals surface area (Å²) in [6, 6.07) is 8.11. The Morgan fingerprint density at radius 1 is 1.10 bits per heavy atom. The SMILES string of the molecule is COc1cc(/C=C2/SC(=S)N(c3ccc(Cl)c(Cl)c3)C2=O)cc(OC)c1OC(C)=O. The molecule has 1 aliphatic heterocycles. The first-order valence-electron chi connectivity index (χ1n) is 8.42. The maximum Gasteiger partial charge on any atom is 0.308 e. The molecule has 0 radical (unpaired) electrons. The van der Waals surface area contributed by atoms with Crippen molar-refractivity contribution in [1.82, 2.24) is 0 Å². The lowest BCUT2D eigenvalue weighted by Gasteiger charge is -2.15. The molecule has 0 aromatic heterocycles. The number of anilines is 1. The quantitative estimate of drug-likeness (QED) is 0.246. The van der Waals surface area contributed by atoms with Crippen LogP contribution in [0.1, 0.15) is 12.5 Å². The third kappa shape index (κ3) is 4.57. The molecule has 6 nitrogen and oxygen atoms in total. The van der Waals surface area contributed by atoms with Crippen LogP contribution in [0.2, 0.25) is 10.0 Å². The molecular weight excluding hydrogens is 469 g/mol. The summed E-state index contributed by atoms with van der Waals surface area (Å²) in [6.07, 6.45) is 1.65. The minimum atomic E-state index is -0.512. The van der Waals surface area contributed by atoms with Gasteiger partial charge in [-0.2, -0.15) is 0 Å². The number of ether oxygens (including phenoxy) is 3. The van der Waals surface area contributed by atoms with Gasteiger partial charge in [-0.05, 0) is 42.0 Å². The largest absolute Gasteiger partial charge is 0.493 e. The van der Waals surface area contributed by atoms with E-state index in [0.29, 0.717) is 30.5 Å². The smallest absolute Gasteiger partial charge is 0.308 e. The van der Waals surface area contributed by atoms with E-state index in [4.69, 9.17) is 49.6 Å². The highest BCUT2D eigenvalue weighted by molar-refractivity contribution is 8.27. The fourth-order valence-corrected chi connectivity index (χ4v) is 4.29. The Kier molecular flexibility index (Phi) is 6.92. The van der Waals surface area contributed by atoms with E-state index in [0.717, 1.165) is 11.8 Å². The monoisotopic (exact) mass is 483 g/mol. The second-order valence-electron chi connectivity index (χ2n) is 5.96. The zero-order valence-electron chi connectivity index (χ0n) is 16.0. The minimum absolute atomic E-state index is 0.160. The summed E-state index contributed by atoms with van der Waals surface area (Å²) < 4.78 is 16.2. The number of carbonyl (C=O) groups is 2. The van der Waals surface area contributed by atoms with Crippen molar-refractivity contribution in [3.8, 4) is 17.2 Å². The number of thioether (sulfide) groups is 1. The van der Waals surface area contributed by atoms with Crippen LogP contribution in [0.5, 0.6) is 17.2 Å². The van der Waals surface area contributed by atoms with Gasteiger partial charge in [0.05, 0.1) is 34.9 Å². The van der Waals surface area contributed by atoms with E-state index >= 15 is 0 Å². The van der Waals surface area contributed by atoms with Gasteiger partial charge in [0.2, 0.25) is 5.75 Å². The van der Waals surface area contributed by atoms with Crippen LogP contribution in [-0.4, -0.2) is 30.4 Å². The number of esters is 1. The van der Waals surface area contributed by atoms with Gasteiger partial charge in [0.15, 0.2) is 15.8 Å². The predicted octanol–water partition coefficient (Wildman–Crippen LogP) is 5.34. The van der Waals surface area contributed by atoms with Gasteiger partial charge in [0.1, 0.15) is 0 Å². The predicted molar refractivity (Wildman–Crippen MR) is 123 cm³/mol. The van der Waals surface area contributed by atoms with Crippen molar-refractivity contribution in [3.63, 3.8) is 0 Å². The van der Waals surface area contributed by atoms with Crippen LogP contribution in [0.15, 0.2) is 35.2 Å². The lowest BCUT2D eigenvalue weighted by atomic mass is 10.1. The van der Waals surface area contributed by atoms with Crippen molar-refractivity contribution in [2.75, 3.05) is 19.1 Å². The summed E-state index contributed by atoms with van der Waals surface area (Å²) in [5.41, 5.74) is 1.13. The Morgan fingerprint density at radius 2 is 1.73 bits per heavy atom. The summed E-state index contributed by atoms with van der Waals surface area (Å²) in [6.45, 7) is 1.28. The number of amides is 1. The molecule has 1 saturated heterocycles. The van der Waals surface area contributed by atoms with Crippen molar-refractivity contribution in [1.29, 1.82) is 0 Å². The first-order chi connectivity index (χ1) is 14.2. The third-order valence-corrected chi connectivity index (χ3v) is 6.02. The van der Waals surface area contributed by atoms with Crippen LogP contribution in [-0.2, 0) is 9.59 Å². The van der Waals surface area contributed by atoms with Crippen LogP contribution < -0.4 is 19.1 Å². The summed E-state index contributed by atoms with van der Waals surface area (Å²) in [5.74, 6) is -0.0771. The molecule has 2 aromatic carbocycles. The second kappa shape index (κ2) is 9.26. The molecule has 156 valence electrons. The summed E-state index contributed by atoms with van der Waals surface area (Å²) >= 11 is 18.6. The zero-order chi connectivity index (χ0) is 22.0. The van der Waals surface area contributed by atoms with Crippen LogP contribution >= 0.6 is 47.2 Å². The average Bonchev–Trinajstić information content (AvgIpc) is 2.97. The van der Waals surface area contributed by atoms with E-state index in [1.165, 1.54) is 26.0 Å². The number of thiocarbonyl (C=S) groups is 1. The Bertz CT molecular complexity index is 1060. The summed E-state index contributed by atoms with van der Waals surface area (Å²) in [4.78, 5) is 26.1. The van der Waals surface area contributed by atoms with Gasteiger partial charge < -0.3 is 14.2 Å². The third-order valence-electron chi connectivity index (χ3n) is 3.98. The second-order valence-corrected chi connectivity index (χ2v) is 8.45. The molecule has 0 bridgehead atoms. The van der Waals surface area contributed by atoms with E-state index in [1.54, 1.807) is 36.4 Å². The number of carbonyl (C=O) groups excluding carboxylic acids is 2. The standard InChI is InChI=1S/C20H15Cl2NO5S2/c1-10(24)28-18-15(26-2)6-11(7-16(18)27-3)8-17-19(25)23(20(29)30-17)12-4-5-13(21)14(22)9-12/h4-9H,1-3H3/b17-8+. The molecular formula is C20H15Cl2NO5S2. The molecule has 0 spiro atoms. The maximum atomic E-state index is 13.0. The zero-order valence-corrected chi connectivity index (χ0v) is 19.2. The van der Waals surface area contributed by atoms with Gasteiger partial charge in [-0.1, -0.05) is 47.2 Å². The van der Waals surface area contributed by atoms with Gasteiger partial charge >= 0.3 is 5.97 Å². The van der Waals surface area contributed by atoms with E-state index in [2.05, 4.69) is 0 Å². The number of halogens is 2. The van der Waals surface area contributed by atoms with Crippen molar-refractivity contribution < 1.29 is 23.8 Å². The Labute approximate surface area is 192 Å².